The van der Waals surface area contributed by atoms with Gasteiger partial charge < -0.3 is 34.7 Å². The Bertz CT molecular complexity index is 2320. The highest BCUT2D eigenvalue weighted by Crippen LogP contribution is 2.41. The van der Waals surface area contributed by atoms with Gasteiger partial charge in [-0.3, -0.25) is 29.2 Å². The molecule has 2 aromatic heterocycles. The summed E-state index contributed by atoms with van der Waals surface area (Å²) in [5.74, 6) is -1.67. The highest BCUT2D eigenvalue weighted by atomic mass is 16.5. The summed E-state index contributed by atoms with van der Waals surface area (Å²) in [6.07, 6.45) is 6.11. The second-order valence-electron chi connectivity index (χ2n) is 18.5. The highest BCUT2D eigenvalue weighted by Gasteiger charge is 2.40. The fourth-order valence-electron chi connectivity index (χ4n) is 9.64. The number of fused-ring (bicyclic) bond motifs is 6. The molecule has 2 saturated heterocycles. The lowest BCUT2D eigenvalue weighted by Crippen LogP contribution is -2.62. The Labute approximate surface area is 364 Å². The Hall–Kier alpha value is -5.31. The van der Waals surface area contributed by atoms with Gasteiger partial charge in [0, 0.05) is 67.9 Å². The van der Waals surface area contributed by atoms with Gasteiger partial charge in [0.05, 0.1) is 24.9 Å². The first-order chi connectivity index (χ1) is 29.6. The van der Waals surface area contributed by atoms with Crippen LogP contribution < -0.4 is 16.1 Å². The van der Waals surface area contributed by atoms with E-state index in [1.165, 1.54) is 9.91 Å². The number of aryl methyl sites for hydroxylation is 1. The number of methoxy groups -OCH3 is 1. The van der Waals surface area contributed by atoms with Crippen molar-refractivity contribution in [3.63, 3.8) is 0 Å². The molecule has 6 bridgehead atoms. The maximum Gasteiger partial charge on any atom is 0.324 e. The lowest BCUT2D eigenvalue weighted by molar-refractivity contribution is -0.155. The van der Waals surface area contributed by atoms with Crippen LogP contribution >= 0.6 is 0 Å². The van der Waals surface area contributed by atoms with Gasteiger partial charge in [-0.05, 0) is 109 Å². The van der Waals surface area contributed by atoms with E-state index in [0.29, 0.717) is 44.5 Å². The van der Waals surface area contributed by atoms with E-state index in [2.05, 4.69) is 58.5 Å². The minimum Gasteiger partial charge on any atom is -0.508 e. The van der Waals surface area contributed by atoms with Crippen molar-refractivity contribution < 1.29 is 33.8 Å². The summed E-state index contributed by atoms with van der Waals surface area (Å²) < 4.78 is 14.0. The van der Waals surface area contributed by atoms with Crippen LogP contribution in [-0.4, -0.2) is 106 Å². The molecule has 3 aliphatic rings. The van der Waals surface area contributed by atoms with Crippen molar-refractivity contribution in [3.8, 4) is 28.1 Å². The van der Waals surface area contributed by atoms with Crippen LogP contribution in [0.1, 0.15) is 77.5 Å². The lowest BCUT2D eigenvalue weighted by Gasteiger charge is -2.37. The number of ether oxygens (including phenoxy) is 2. The molecule has 2 fully saturated rings. The molecule has 0 unspecified atom stereocenters. The second kappa shape index (κ2) is 18.6. The standard InChI is InChI=1S/C48H63N7O7/c1-9-54-40-13-12-31-23-35(40)36(43(54)37-25-49-16-15-32(37)26-61-8)24-48(5,6)27-62-47(60)38-11-10-18-55(52-38)45(58)39(21-30-19-33(31)22-34(56)20-30)51-44(57)42(28(2)3)53(7)46(59)41-29(4)14-17-50-41/h12-13,15-16,19-20,22-23,25,28-29,38-39,41-42,50,52,56H,9-11,14,17-18,21,24,26-27H2,1-8H3,(H,51,57)/t29-,38-,39-,41+,42-/m0/s1. The molecule has 5 atom stereocenters. The minimum absolute atomic E-state index is 0.0137. The number of carbonyl (C=O) groups is 4. The number of nitrogens with zero attached hydrogens (tertiary/aromatic N) is 4. The summed E-state index contributed by atoms with van der Waals surface area (Å²) in [5.41, 5.74) is 9.92. The number of benzene rings is 2. The van der Waals surface area contributed by atoms with Crippen molar-refractivity contribution in [1.29, 1.82) is 0 Å². The SMILES string of the molecule is CCn1c(-c2cnccc2COC)c2c3cc(ccc31)-c1cc(O)cc(c1)C[C@H](NC(=O)[C@H](C(C)C)N(C)C(=O)[C@@H]1NCC[C@@H]1C)C(=O)N1CCC[C@H](N1)C(=O)OCC(C)(C)C2. The molecule has 0 radical (unpaired) electrons. The van der Waals surface area contributed by atoms with E-state index >= 15 is 0 Å². The number of pyridine rings is 1. The highest BCUT2D eigenvalue weighted by molar-refractivity contribution is 5.96. The zero-order chi connectivity index (χ0) is 44.5. The maximum atomic E-state index is 14.6. The van der Waals surface area contributed by atoms with Crippen LogP contribution in [0.3, 0.4) is 0 Å². The van der Waals surface area contributed by atoms with Gasteiger partial charge in [0.2, 0.25) is 11.8 Å². The summed E-state index contributed by atoms with van der Waals surface area (Å²) in [7, 11) is 3.32. The third-order valence-corrected chi connectivity index (χ3v) is 12.8. The van der Waals surface area contributed by atoms with Crippen molar-refractivity contribution in [2.75, 3.05) is 33.9 Å². The van der Waals surface area contributed by atoms with Crippen LogP contribution in [0.5, 0.6) is 5.75 Å². The normalized spacial score (nSPS) is 22.3. The molecule has 0 aliphatic carbocycles. The molecule has 62 heavy (non-hydrogen) atoms. The maximum absolute atomic E-state index is 14.6. The molecular weight excluding hydrogens is 787 g/mol. The van der Waals surface area contributed by atoms with Gasteiger partial charge in [-0.25, -0.2) is 5.43 Å². The van der Waals surface area contributed by atoms with Gasteiger partial charge in [0.25, 0.3) is 5.91 Å². The van der Waals surface area contributed by atoms with Crippen LogP contribution in [0.15, 0.2) is 54.9 Å². The second-order valence-corrected chi connectivity index (χ2v) is 18.5. The molecule has 14 nitrogen and oxygen atoms in total. The van der Waals surface area contributed by atoms with Crippen LogP contribution in [-0.2, 0) is 54.6 Å². The van der Waals surface area contributed by atoms with E-state index in [1.807, 2.05) is 45.2 Å². The predicted molar refractivity (Wildman–Crippen MR) is 238 cm³/mol. The van der Waals surface area contributed by atoms with Gasteiger partial charge in [0.1, 0.15) is 23.9 Å². The molecule has 7 rings (SSSR count). The van der Waals surface area contributed by atoms with E-state index in [4.69, 9.17) is 9.47 Å². The van der Waals surface area contributed by atoms with Gasteiger partial charge in [0.15, 0.2) is 0 Å². The summed E-state index contributed by atoms with van der Waals surface area (Å²) in [6.45, 7) is 14.3. The van der Waals surface area contributed by atoms with Crippen molar-refractivity contribution in [1.82, 2.24) is 35.5 Å². The van der Waals surface area contributed by atoms with Gasteiger partial charge in [-0.15, -0.1) is 0 Å². The lowest BCUT2D eigenvalue weighted by atomic mass is 9.84. The Kier molecular flexibility index (Phi) is 13.4. The first-order valence-electron chi connectivity index (χ1n) is 22.1. The molecule has 14 heteroatoms. The van der Waals surface area contributed by atoms with Gasteiger partial charge in [-0.2, -0.15) is 0 Å². The molecule has 2 aromatic carbocycles. The number of hydrogen-bond donors (Lipinski definition) is 4. The number of hydrogen-bond acceptors (Lipinski definition) is 10. The largest absolute Gasteiger partial charge is 0.508 e. The molecular formula is C48H63N7O7. The average molecular weight is 850 g/mol. The van der Waals surface area contributed by atoms with Crippen molar-refractivity contribution in [3.05, 3.63) is 71.5 Å². The number of likely N-dealkylation sites (N-methyl/N-ethyl adjacent to an activating group) is 1. The molecule has 332 valence electrons. The number of cyclic esters (lactones) is 1. The first kappa shape index (κ1) is 44.7. The van der Waals surface area contributed by atoms with Crippen molar-refractivity contribution in [2.24, 2.45) is 17.3 Å². The van der Waals surface area contributed by atoms with Crippen LogP contribution in [0.2, 0.25) is 0 Å². The van der Waals surface area contributed by atoms with Gasteiger partial charge >= 0.3 is 5.97 Å². The molecule has 0 saturated carbocycles. The number of rotatable bonds is 9. The topological polar surface area (TPSA) is 167 Å². The molecule has 5 heterocycles. The Morgan fingerprint density at radius 3 is 2.61 bits per heavy atom. The summed E-state index contributed by atoms with van der Waals surface area (Å²) >= 11 is 0. The summed E-state index contributed by atoms with van der Waals surface area (Å²) in [4.78, 5) is 62.7. The Balaban J connectivity index is 1.33. The van der Waals surface area contributed by atoms with Crippen molar-refractivity contribution in [2.45, 2.75) is 111 Å². The first-order valence-corrected chi connectivity index (χ1v) is 22.1. The Morgan fingerprint density at radius 2 is 1.90 bits per heavy atom. The minimum atomic E-state index is -1.11. The van der Waals surface area contributed by atoms with Crippen LogP contribution in [0.25, 0.3) is 33.3 Å². The van der Waals surface area contributed by atoms with Crippen LogP contribution in [0, 0.1) is 17.3 Å². The van der Waals surface area contributed by atoms with Crippen molar-refractivity contribution >= 4 is 34.6 Å². The Morgan fingerprint density at radius 1 is 1.11 bits per heavy atom. The monoisotopic (exact) mass is 849 g/mol. The average Bonchev–Trinajstić information content (AvgIpc) is 3.81. The van der Waals surface area contributed by atoms with E-state index in [0.717, 1.165) is 57.4 Å². The predicted octanol–water partition coefficient (Wildman–Crippen LogP) is 5.37. The molecule has 3 amide bonds. The number of hydrazine groups is 1. The number of phenols is 1. The molecule has 4 aromatic rings. The van der Waals surface area contributed by atoms with E-state index in [9.17, 15) is 24.3 Å². The quantitative estimate of drug-likeness (QED) is 0.161. The smallest absolute Gasteiger partial charge is 0.324 e. The third-order valence-electron chi connectivity index (χ3n) is 12.8. The number of aromatic hydroxyl groups is 1. The molecule has 0 spiro atoms. The number of aromatic nitrogens is 2. The molecule has 4 N–H and O–H groups in total. The number of carbonyl (C=O) groups excluding carboxylic acids is 4. The van der Waals surface area contributed by atoms with Crippen LogP contribution in [0.4, 0.5) is 0 Å². The summed E-state index contributed by atoms with van der Waals surface area (Å²) in [6, 6.07) is 10.4. The zero-order valence-electron chi connectivity index (χ0n) is 37.4. The van der Waals surface area contributed by atoms with Gasteiger partial charge in [-0.1, -0.05) is 46.8 Å². The third kappa shape index (κ3) is 9.23. The number of esters is 1. The summed E-state index contributed by atoms with van der Waals surface area (Å²) in [5, 5.41) is 20.0. The van der Waals surface area contributed by atoms with E-state index < -0.39 is 47.4 Å². The zero-order valence-corrected chi connectivity index (χ0v) is 37.4. The number of nitrogens with one attached hydrogen (secondary N) is 3. The number of phenolic OH excluding ortho intramolecular Hbond substituents is 1. The fourth-order valence-corrected chi connectivity index (χ4v) is 9.64. The number of amides is 3. The fraction of sp³-hybridized carbons (Fsp3) is 0.521. The van der Waals surface area contributed by atoms with E-state index in [-0.39, 0.29) is 36.5 Å². The molecule has 3 aliphatic heterocycles. The van der Waals surface area contributed by atoms with E-state index in [1.54, 1.807) is 32.5 Å².